The molecular weight excluding hydrogens is 284 g/mol. The van der Waals surface area contributed by atoms with Crippen LogP contribution in [0.25, 0.3) is 0 Å². The van der Waals surface area contributed by atoms with Crippen LogP contribution in [0.15, 0.2) is 34.4 Å². The Kier molecular flexibility index (Phi) is 4.21. The van der Waals surface area contributed by atoms with Crippen LogP contribution in [0.4, 0.5) is 0 Å². The van der Waals surface area contributed by atoms with Gasteiger partial charge in [0.2, 0.25) is 0 Å². The van der Waals surface area contributed by atoms with Gasteiger partial charge in [0.05, 0.1) is 6.54 Å². The van der Waals surface area contributed by atoms with Crippen molar-refractivity contribution in [1.29, 1.82) is 0 Å². The maximum absolute atomic E-state index is 3.56. The number of rotatable bonds is 5. The molecule has 0 radical (unpaired) electrons. The van der Waals surface area contributed by atoms with E-state index in [0.29, 0.717) is 0 Å². The average molecular weight is 299 g/mol. The van der Waals surface area contributed by atoms with E-state index < -0.39 is 0 Å². The highest BCUT2D eigenvalue weighted by Gasteiger charge is 2.02. The Hall–Kier alpha value is -0.580. The fourth-order valence-corrected chi connectivity index (χ4v) is 3.05. The molecule has 0 aliphatic carbocycles. The molecule has 0 aliphatic heterocycles. The van der Waals surface area contributed by atoms with E-state index in [9.17, 15) is 0 Å². The van der Waals surface area contributed by atoms with Gasteiger partial charge >= 0.3 is 0 Å². The molecule has 0 bridgehead atoms. The fraction of sp³-hybridized carbons (Fsp3) is 0.333. The minimum Gasteiger partial charge on any atom is -0.349 e. The Morgan fingerprint density at radius 2 is 2.31 bits per heavy atom. The van der Waals surface area contributed by atoms with Crippen LogP contribution in [0.2, 0.25) is 0 Å². The number of hydrogen-bond acceptors (Lipinski definition) is 2. The molecular formula is C12H15BrN2S. The van der Waals surface area contributed by atoms with Crippen LogP contribution in [-0.4, -0.2) is 11.1 Å². The van der Waals surface area contributed by atoms with Gasteiger partial charge in [-0.25, -0.2) is 0 Å². The summed E-state index contributed by atoms with van der Waals surface area (Å²) in [6.45, 7) is 5.04. The van der Waals surface area contributed by atoms with Crippen LogP contribution >= 0.6 is 27.3 Å². The van der Waals surface area contributed by atoms with Gasteiger partial charge in [-0.15, -0.1) is 11.3 Å². The smallest absolute Gasteiger partial charge is 0.0574 e. The molecule has 16 heavy (non-hydrogen) atoms. The molecule has 2 rings (SSSR count). The second-order valence-electron chi connectivity index (χ2n) is 3.66. The van der Waals surface area contributed by atoms with Crippen molar-refractivity contribution in [2.45, 2.75) is 20.0 Å². The molecule has 0 saturated heterocycles. The molecule has 0 aliphatic rings. The zero-order valence-electron chi connectivity index (χ0n) is 9.24. The molecule has 2 nitrogen and oxygen atoms in total. The van der Waals surface area contributed by atoms with Crippen LogP contribution < -0.4 is 5.32 Å². The van der Waals surface area contributed by atoms with Crippen molar-refractivity contribution in [1.82, 2.24) is 9.88 Å². The Morgan fingerprint density at radius 1 is 1.44 bits per heavy atom. The third kappa shape index (κ3) is 2.97. The van der Waals surface area contributed by atoms with Gasteiger partial charge in [0.25, 0.3) is 0 Å². The monoisotopic (exact) mass is 298 g/mol. The third-order valence-electron chi connectivity index (χ3n) is 2.41. The fourth-order valence-electron chi connectivity index (χ4n) is 1.57. The van der Waals surface area contributed by atoms with E-state index in [0.717, 1.165) is 19.6 Å². The van der Waals surface area contributed by atoms with E-state index in [1.807, 2.05) is 0 Å². The van der Waals surface area contributed by atoms with Gasteiger partial charge in [-0.3, -0.25) is 0 Å². The molecule has 0 aromatic carbocycles. The lowest BCUT2D eigenvalue weighted by molar-refractivity contribution is 0.722. The highest BCUT2D eigenvalue weighted by molar-refractivity contribution is 9.10. The molecule has 0 spiro atoms. The largest absolute Gasteiger partial charge is 0.349 e. The summed E-state index contributed by atoms with van der Waals surface area (Å²) in [5, 5.41) is 5.44. The van der Waals surface area contributed by atoms with Crippen LogP contribution in [0, 0.1) is 0 Å². The number of halogens is 1. The number of nitrogens with zero attached hydrogens (tertiary/aromatic N) is 1. The maximum Gasteiger partial charge on any atom is 0.0574 e. The normalized spacial score (nSPS) is 10.9. The molecule has 0 fully saturated rings. The Morgan fingerprint density at radius 3 is 3.00 bits per heavy atom. The number of nitrogens with one attached hydrogen (secondary N) is 1. The van der Waals surface area contributed by atoms with Gasteiger partial charge in [0.1, 0.15) is 0 Å². The van der Waals surface area contributed by atoms with Gasteiger partial charge in [-0.05, 0) is 45.6 Å². The molecule has 0 atom stereocenters. The predicted octanol–water partition coefficient (Wildman–Crippen LogP) is 3.47. The first kappa shape index (κ1) is 11.9. The molecule has 1 N–H and O–H groups in total. The van der Waals surface area contributed by atoms with Crippen LogP contribution in [0.5, 0.6) is 0 Å². The first-order valence-electron chi connectivity index (χ1n) is 5.37. The van der Waals surface area contributed by atoms with Crippen molar-refractivity contribution in [2.75, 3.05) is 6.54 Å². The lowest BCUT2D eigenvalue weighted by Gasteiger charge is -2.01. The highest BCUT2D eigenvalue weighted by atomic mass is 79.9. The summed E-state index contributed by atoms with van der Waals surface area (Å²) in [6, 6.07) is 4.27. The summed E-state index contributed by atoms with van der Waals surface area (Å²) >= 11 is 5.35. The van der Waals surface area contributed by atoms with Gasteiger partial charge in [-0.1, -0.05) is 6.92 Å². The molecule has 0 saturated carbocycles. The summed E-state index contributed by atoms with van der Waals surface area (Å²) in [5.74, 6) is 0. The average Bonchev–Trinajstić information content (AvgIpc) is 2.87. The lowest BCUT2D eigenvalue weighted by atomic mass is 10.3. The standard InChI is InChI=1S/C12H15BrN2S/c1-2-14-7-10-3-5-15(8-10)9-12-11(13)4-6-16-12/h3-6,8,14H,2,7,9H2,1H3. The van der Waals surface area contributed by atoms with E-state index in [-0.39, 0.29) is 0 Å². The number of aromatic nitrogens is 1. The predicted molar refractivity (Wildman–Crippen MR) is 72.9 cm³/mol. The third-order valence-corrected chi connectivity index (χ3v) is 4.32. The maximum atomic E-state index is 3.56. The highest BCUT2D eigenvalue weighted by Crippen LogP contribution is 2.23. The summed E-state index contributed by atoms with van der Waals surface area (Å²) < 4.78 is 3.43. The zero-order valence-corrected chi connectivity index (χ0v) is 11.6. The second kappa shape index (κ2) is 5.66. The minimum atomic E-state index is 0.949. The SMILES string of the molecule is CCNCc1ccn(Cc2sccc2Br)c1. The number of thiophene rings is 1. The Labute approximate surface area is 108 Å². The lowest BCUT2D eigenvalue weighted by Crippen LogP contribution is -2.11. The first-order valence-corrected chi connectivity index (χ1v) is 7.04. The van der Waals surface area contributed by atoms with Crippen molar-refractivity contribution >= 4 is 27.3 Å². The summed E-state index contributed by atoms with van der Waals surface area (Å²) in [6.07, 6.45) is 4.34. The summed E-state index contributed by atoms with van der Waals surface area (Å²) in [7, 11) is 0. The van der Waals surface area contributed by atoms with Gasteiger partial charge in [0, 0.05) is 28.3 Å². The first-order chi connectivity index (χ1) is 7.79. The minimum absolute atomic E-state index is 0.949. The Bertz CT molecular complexity index is 447. The van der Waals surface area contributed by atoms with Crippen molar-refractivity contribution in [2.24, 2.45) is 0 Å². The van der Waals surface area contributed by atoms with Gasteiger partial charge < -0.3 is 9.88 Å². The number of hydrogen-bond donors (Lipinski definition) is 1. The van der Waals surface area contributed by atoms with E-state index in [4.69, 9.17) is 0 Å². The molecule has 2 heterocycles. The van der Waals surface area contributed by atoms with E-state index >= 15 is 0 Å². The molecule has 0 unspecified atom stereocenters. The van der Waals surface area contributed by atoms with Crippen LogP contribution in [0.1, 0.15) is 17.4 Å². The molecule has 0 amide bonds. The van der Waals surface area contributed by atoms with Gasteiger partial charge in [0.15, 0.2) is 0 Å². The van der Waals surface area contributed by atoms with Crippen LogP contribution in [-0.2, 0) is 13.1 Å². The summed E-state index contributed by atoms with van der Waals surface area (Å²) in [4.78, 5) is 1.37. The molecule has 2 aromatic rings. The van der Waals surface area contributed by atoms with Crippen molar-refractivity contribution in [3.63, 3.8) is 0 Å². The van der Waals surface area contributed by atoms with Crippen molar-refractivity contribution in [3.8, 4) is 0 Å². The Balaban J connectivity index is 2.00. The van der Waals surface area contributed by atoms with E-state index in [2.05, 4.69) is 62.6 Å². The van der Waals surface area contributed by atoms with Crippen molar-refractivity contribution in [3.05, 3.63) is 44.8 Å². The molecule has 4 heteroatoms. The second-order valence-corrected chi connectivity index (χ2v) is 5.52. The van der Waals surface area contributed by atoms with E-state index in [1.165, 1.54) is 14.9 Å². The van der Waals surface area contributed by atoms with Crippen molar-refractivity contribution < 1.29 is 0 Å². The zero-order chi connectivity index (χ0) is 11.4. The van der Waals surface area contributed by atoms with E-state index in [1.54, 1.807) is 11.3 Å². The molecule has 2 aromatic heterocycles. The molecule has 86 valence electrons. The summed E-state index contributed by atoms with van der Waals surface area (Å²) in [5.41, 5.74) is 1.34. The van der Waals surface area contributed by atoms with Crippen LogP contribution in [0.3, 0.4) is 0 Å². The topological polar surface area (TPSA) is 17.0 Å². The quantitative estimate of drug-likeness (QED) is 0.894. The van der Waals surface area contributed by atoms with Gasteiger partial charge in [-0.2, -0.15) is 0 Å².